The summed E-state index contributed by atoms with van der Waals surface area (Å²) in [7, 11) is 0. The van der Waals surface area contributed by atoms with Crippen LogP contribution in [0, 0.1) is 11.3 Å². The Hall–Kier alpha value is -3.47. The monoisotopic (exact) mass is 699 g/mol. The van der Waals surface area contributed by atoms with E-state index in [1.807, 2.05) is 39.8 Å². The average Bonchev–Trinajstić information content (AvgIpc) is 3.61. The molecule has 49 heavy (non-hydrogen) atoms. The minimum absolute atomic E-state index is 0.0411. The summed E-state index contributed by atoms with van der Waals surface area (Å²) in [6.45, 7) is 12.9. The van der Waals surface area contributed by atoms with E-state index in [-0.39, 0.29) is 31.2 Å². The van der Waals surface area contributed by atoms with Gasteiger partial charge < -0.3 is 25.7 Å². The fourth-order valence-corrected chi connectivity index (χ4v) is 7.22. The molecule has 1 saturated heterocycles. The van der Waals surface area contributed by atoms with Crippen LogP contribution in [0.4, 0.5) is 0 Å². The molecule has 270 valence electrons. The van der Waals surface area contributed by atoms with Crippen LogP contribution in [0.1, 0.15) is 118 Å². The Morgan fingerprint density at radius 2 is 1.73 bits per heavy atom. The number of ketones is 1. The molecule has 4 atom stereocenters. The van der Waals surface area contributed by atoms with Crippen molar-refractivity contribution < 1.29 is 28.8 Å². The van der Waals surface area contributed by atoms with Crippen molar-refractivity contribution >= 4 is 46.7 Å². The van der Waals surface area contributed by atoms with Gasteiger partial charge in [0, 0.05) is 35.4 Å². The quantitative estimate of drug-likeness (QED) is 0.275. The Morgan fingerprint density at radius 3 is 2.35 bits per heavy atom. The number of hydrogen-bond acceptors (Lipinski definition) is 7. The molecule has 1 aliphatic carbocycles. The fourth-order valence-electron chi connectivity index (χ4n) is 7.03. The molecule has 1 spiro atoms. The molecule has 2 fully saturated rings. The van der Waals surface area contributed by atoms with E-state index in [0.29, 0.717) is 30.0 Å². The lowest BCUT2D eigenvalue weighted by molar-refractivity contribution is -0.145. The van der Waals surface area contributed by atoms with Crippen LogP contribution in [-0.4, -0.2) is 75.8 Å². The maximum atomic E-state index is 14.6. The summed E-state index contributed by atoms with van der Waals surface area (Å²) in [4.78, 5) is 75.7. The lowest BCUT2D eigenvalue weighted by atomic mass is 9.84. The highest BCUT2D eigenvalue weighted by Crippen LogP contribution is 2.40. The number of oxime groups is 1. The highest BCUT2D eigenvalue weighted by atomic mass is 35.5. The fraction of sp³-hybridized carbons (Fsp3) is 0.676. The number of halogens is 1. The van der Waals surface area contributed by atoms with Gasteiger partial charge in [-0.25, -0.2) is 0 Å². The van der Waals surface area contributed by atoms with Crippen molar-refractivity contribution in [1.82, 2.24) is 20.9 Å². The van der Waals surface area contributed by atoms with E-state index in [1.54, 1.807) is 32.9 Å². The van der Waals surface area contributed by atoms with E-state index in [4.69, 9.17) is 16.4 Å². The predicted octanol–water partition coefficient (Wildman–Crippen LogP) is 5.07. The second kappa shape index (κ2) is 15.6. The molecule has 1 saturated carbocycles. The van der Waals surface area contributed by atoms with E-state index in [9.17, 15) is 24.0 Å². The molecular weight excluding hydrogens is 646 g/mol. The maximum absolute atomic E-state index is 14.6. The number of Topliss-reactive ketones (excluding diaryl/α,β-unsaturated/α-hetero) is 1. The van der Waals surface area contributed by atoms with E-state index >= 15 is 0 Å². The topological polar surface area (TPSA) is 146 Å². The molecule has 3 aliphatic rings. The predicted molar refractivity (Wildman–Crippen MR) is 189 cm³/mol. The number of hydrogen-bond donors (Lipinski definition) is 3. The second-order valence-corrected chi connectivity index (χ2v) is 16.6. The molecule has 0 radical (unpaired) electrons. The zero-order valence-electron chi connectivity index (χ0n) is 30.1. The number of likely N-dealkylation sites (tertiary alicyclic amines) is 1. The maximum Gasteiger partial charge on any atom is 0.290 e. The zero-order chi connectivity index (χ0) is 36.1. The summed E-state index contributed by atoms with van der Waals surface area (Å²) >= 11 is 6.25. The largest absolute Gasteiger partial charge is 0.387 e. The van der Waals surface area contributed by atoms with Crippen LogP contribution in [-0.2, 0) is 28.8 Å². The molecule has 4 rings (SSSR count). The summed E-state index contributed by atoms with van der Waals surface area (Å²) < 4.78 is 0. The number of rotatable bonds is 11. The third-order valence-electron chi connectivity index (χ3n) is 9.52. The first-order valence-corrected chi connectivity index (χ1v) is 18.1. The van der Waals surface area contributed by atoms with Crippen molar-refractivity contribution in [1.29, 1.82) is 0 Å². The first-order valence-electron chi connectivity index (χ1n) is 17.7. The van der Waals surface area contributed by atoms with Gasteiger partial charge >= 0.3 is 0 Å². The normalized spacial score (nSPS) is 22.6. The Bertz CT molecular complexity index is 1440. The number of nitrogens with one attached hydrogen (secondary N) is 3. The number of amides is 4. The molecule has 3 N–H and O–H groups in total. The molecule has 1 aromatic rings. The van der Waals surface area contributed by atoms with Gasteiger partial charge in [0.15, 0.2) is 5.60 Å². The lowest BCUT2D eigenvalue weighted by Crippen LogP contribution is -2.59. The van der Waals surface area contributed by atoms with Crippen molar-refractivity contribution in [3.8, 4) is 0 Å². The van der Waals surface area contributed by atoms with Crippen molar-refractivity contribution in [2.45, 2.75) is 142 Å². The van der Waals surface area contributed by atoms with Gasteiger partial charge in [0.25, 0.3) is 5.91 Å². The van der Waals surface area contributed by atoms with Crippen molar-refractivity contribution in [3.63, 3.8) is 0 Å². The Balaban J connectivity index is 1.61. The third kappa shape index (κ3) is 10.0. The Labute approximate surface area is 295 Å². The number of carbonyl (C=O) groups is 5. The van der Waals surface area contributed by atoms with E-state index in [0.717, 1.165) is 31.2 Å². The van der Waals surface area contributed by atoms with Crippen LogP contribution in [0.3, 0.4) is 0 Å². The van der Waals surface area contributed by atoms with Gasteiger partial charge in [-0.1, -0.05) is 82.3 Å². The minimum atomic E-state index is -1.08. The SMILES string of the molecule is CCC[C@H](NC(=O)[C@@H]1C[C@]2(CC(c3cccc(Cl)c3)=NO2)CN1C(=O)[C@@H](NC(=O)CC1CCCCC1)C(C)(C)C)C(=O)C(=O)NC(C)(C)C. The van der Waals surface area contributed by atoms with Crippen LogP contribution in [0.5, 0.6) is 0 Å². The van der Waals surface area contributed by atoms with Gasteiger partial charge in [-0.15, -0.1) is 0 Å². The van der Waals surface area contributed by atoms with Crippen molar-refractivity contribution in [3.05, 3.63) is 34.9 Å². The highest BCUT2D eigenvalue weighted by molar-refractivity contribution is 6.38. The molecule has 4 amide bonds. The first kappa shape index (κ1) is 38.3. The van der Waals surface area contributed by atoms with Crippen LogP contribution >= 0.6 is 11.6 Å². The van der Waals surface area contributed by atoms with Crippen LogP contribution in [0.25, 0.3) is 0 Å². The van der Waals surface area contributed by atoms with E-state index in [2.05, 4.69) is 21.1 Å². The molecule has 2 aliphatic heterocycles. The molecule has 0 unspecified atom stereocenters. The second-order valence-electron chi connectivity index (χ2n) is 16.2. The van der Waals surface area contributed by atoms with Crippen LogP contribution in [0.15, 0.2) is 29.4 Å². The average molecular weight is 700 g/mol. The molecule has 11 nitrogen and oxygen atoms in total. The first-order chi connectivity index (χ1) is 22.9. The summed E-state index contributed by atoms with van der Waals surface area (Å²) in [6, 6.07) is 4.19. The molecular formula is C37H54ClN5O6. The van der Waals surface area contributed by atoms with Crippen molar-refractivity contribution in [2.75, 3.05) is 6.54 Å². The van der Waals surface area contributed by atoms with E-state index < -0.39 is 58.2 Å². The molecule has 0 aromatic heterocycles. The molecule has 12 heteroatoms. The van der Waals surface area contributed by atoms with Gasteiger partial charge in [0.1, 0.15) is 12.1 Å². The Kier molecular flexibility index (Phi) is 12.2. The van der Waals surface area contributed by atoms with Crippen LogP contribution < -0.4 is 16.0 Å². The minimum Gasteiger partial charge on any atom is -0.387 e. The lowest BCUT2D eigenvalue weighted by Gasteiger charge is -2.36. The summed E-state index contributed by atoms with van der Waals surface area (Å²) in [6.07, 6.45) is 6.93. The van der Waals surface area contributed by atoms with Crippen molar-refractivity contribution in [2.24, 2.45) is 16.5 Å². The van der Waals surface area contributed by atoms with Gasteiger partial charge in [0.05, 0.1) is 18.3 Å². The summed E-state index contributed by atoms with van der Waals surface area (Å²) in [5, 5.41) is 13.4. The molecule has 2 heterocycles. The van der Waals surface area contributed by atoms with Crippen LogP contribution in [0.2, 0.25) is 5.02 Å². The number of benzene rings is 1. The highest BCUT2D eigenvalue weighted by Gasteiger charge is 2.55. The number of carbonyl (C=O) groups excluding carboxylic acids is 5. The number of nitrogens with zero attached hydrogens (tertiary/aromatic N) is 2. The van der Waals surface area contributed by atoms with Gasteiger partial charge in [0.2, 0.25) is 23.5 Å². The third-order valence-corrected chi connectivity index (χ3v) is 9.76. The standard InChI is InChI=1S/C37H54ClN5O6/c1-8-13-26(30(45)33(47)41-36(5,6)7)39-32(46)28-21-37(20-27(42-49-37)24-16-12-17-25(38)19-24)22-43(28)34(48)31(35(2,3)4)40-29(44)18-23-14-10-9-11-15-23/h12,16-17,19,23,26,28,31H,8-11,13-15,18,20-22H2,1-7H3,(H,39,46)(H,40,44)(H,41,47)/t26-,28-,31+,37+/m0/s1. The van der Waals surface area contributed by atoms with Gasteiger partial charge in [-0.3, -0.25) is 24.0 Å². The smallest absolute Gasteiger partial charge is 0.290 e. The van der Waals surface area contributed by atoms with Gasteiger partial charge in [-0.05, 0) is 63.5 Å². The molecule has 1 aromatic carbocycles. The summed E-state index contributed by atoms with van der Waals surface area (Å²) in [5.74, 6) is -2.41. The zero-order valence-corrected chi connectivity index (χ0v) is 30.9. The Morgan fingerprint density at radius 1 is 1.04 bits per heavy atom. The summed E-state index contributed by atoms with van der Waals surface area (Å²) in [5.41, 5.74) is -0.921. The van der Waals surface area contributed by atoms with Gasteiger partial charge in [-0.2, -0.15) is 0 Å². The van der Waals surface area contributed by atoms with E-state index in [1.165, 1.54) is 11.3 Å². The molecule has 0 bridgehead atoms.